The molecular formula is C18H18INO. The zero-order chi connectivity index (χ0) is 15.0. The molecule has 1 unspecified atom stereocenters. The molecule has 1 aliphatic rings. The van der Waals surface area contributed by atoms with Crippen LogP contribution < -0.4 is 4.90 Å². The van der Waals surface area contributed by atoms with E-state index < -0.39 is 5.41 Å². The molecule has 3 rings (SSSR count). The van der Waals surface area contributed by atoms with E-state index in [1.54, 1.807) is 4.90 Å². The SMILES string of the molecule is CN1C(=O)C(C)(CCc2ccccc2I)c2ccccc21. The van der Waals surface area contributed by atoms with E-state index in [4.69, 9.17) is 0 Å². The standard InChI is InChI=1S/C18H18INO/c1-18(12-11-13-7-3-5-9-15(13)19)14-8-4-6-10-16(14)20(2)17(18)21/h3-10H,11-12H2,1-2H3. The number of rotatable bonds is 3. The number of halogens is 1. The highest BCUT2D eigenvalue weighted by Gasteiger charge is 2.45. The fourth-order valence-corrected chi connectivity index (χ4v) is 3.81. The van der Waals surface area contributed by atoms with Gasteiger partial charge < -0.3 is 4.90 Å². The van der Waals surface area contributed by atoms with Crippen LogP contribution in [0.1, 0.15) is 24.5 Å². The fraction of sp³-hybridized carbons (Fsp3) is 0.278. The molecule has 0 aromatic heterocycles. The van der Waals surface area contributed by atoms with Crippen LogP contribution in [-0.2, 0) is 16.6 Å². The van der Waals surface area contributed by atoms with Gasteiger partial charge in [0, 0.05) is 16.3 Å². The Bertz CT molecular complexity index is 697. The molecular weight excluding hydrogens is 373 g/mol. The predicted molar refractivity (Wildman–Crippen MR) is 94.7 cm³/mol. The Kier molecular flexibility index (Phi) is 3.78. The summed E-state index contributed by atoms with van der Waals surface area (Å²) in [6.45, 7) is 2.08. The molecule has 0 radical (unpaired) electrons. The van der Waals surface area contributed by atoms with Gasteiger partial charge in [0.1, 0.15) is 0 Å². The Morgan fingerprint density at radius 2 is 1.76 bits per heavy atom. The first kappa shape index (κ1) is 14.6. The van der Waals surface area contributed by atoms with Gasteiger partial charge >= 0.3 is 0 Å². The van der Waals surface area contributed by atoms with Crippen LogP contribution in [0.5, 0.6) is 0 Å². The minimum absolute atomic E-state index is 0.203. The van der Waals surface area contributed by atoms with Crippen LogP contribution in [-0.4, -0.2) is 13.0 Å². The zero-order valence-corrected chi connectivity index (χ0v) is 14.4. The van der Waals surface area contributed by atoms with Gasteiger partial charge in [-0.3, -0.25) is 4.79 Å². The van der Waals surface area contributed by atoms with Crippen LogP contribution in [0.4, 0.5) is 5.69 Å². The second-order valence-corrected chi connectivity index (χ2v) is 6.97. The normalized spacial score (nSPS) is 20.7. The minimum Gasteiger partial charge on any atom is -0.314 e. The number of benzene rings is 2. The quantitative estimate of drug-likeness (QED) is 0.720. The molecule has 2 aromatic rings. The summed E-state index contributed by atoms with van der Waals surface area (Å²) in [6.07, 6.45) is 1.76. The zero-order valence-electron chi connectivity index (χ0n) is 12.3. The number of aryl methyl sites for hydroxylation is 1. The van der Waals surface area contributed by atoms with E-state index >= 15 is 0 Å². The van der Waals surface area contributed by atoms with Crippen LogP contribution in [0.2, 0.25) is 0 Å². The van der Waals surface area contributed by atoms with Crippen LogP contribution >= 0.6 is 22.6 Å². The van der Waals surface area contributed by atoms with Crippen molar-refractivity contribution in [3.63, 3.8) is 0 Å². The lowest BCUT2D eigenvalue weighted by Gasteiger charge is -2.23. The first-order valence-electron chi connectivity index (χ1n) is 7.15. The molecule has 108 valence electrons. The van der Waals surface area contributed by atoms with Crippen LogP contribution in [0.15, 0.2) is 48.5 Å². The number of hydrogen-bond donors (Lipinski definition) is 0. The summed E-state index contributed by atoms with van der Waals surface area (Å²) in [5.41, 5.74) is 3.11. The van der Waals surface area contributed by atoms with E-state index in [1.165, 1.54) is 9.13 Å². The van der Waals surface area contributed by atoms with Gasteiger partial charge in [-0.1, -0.05) is 36.4 Å². The molecule has 0 N–H and O–H groups in total. The second-order valence-electron chi connectivity index (χ2n) is 5.80. The Morgan fingerprint density at radius 1 is 1.10 bits per heavy atom. The third-order valence-electron chi connectivity index (χ3n) is 4.49. The number of fused-ring (bicyclic) bond motifs is 1. The van der Waals surface area contributed by atoms with E-state index in [1.807, 2.05) is 25.2 Å². The Labute approximate surface area is 139 Å². The molecule has 0 aliphatic carbocycles. The molecule has 0 spiro atoms. The van der Waals surface area contributed by atoms with Gasteiger partial charge in [-0.25, -0.2) is 0 Å². The van der Waals surface area contributed by atoms with Gasteiger partial charge in [-0.2, -0.15) is 0 Å². The lowest BCUT2D eigenvalue weighted by Crippen LogP contribution is -2.36. The van der Waals surface area contributed by atoms with E-state index in [0.717, 1.165) is 24.1 Å². The monoisotopic (exact) mass is 391 g/mol. The van der Waals surface area contributed by atoms with Crippen LogP contribution in [0.25, 0.3) is 0 Å². The van der Waals surface area contributed by atoms with Crippen molar-refractivity contribution in [2.75, 3.05) is 11.9 Å². The van der Waals surface area contributed by atoms with E-state index in [-0.39, 0.29) is 5.91 Å². The molecule has 2 nitrogen and oxygen atoms in total. The van der Waals surface area contributed by atoms with Gasteiger partial charge in [0.15, 0.2) is 0 Å². The molecule has 1 aliphatic heterocycles. The first-order chi connectivity index (χ1) is 10.0. The van der Waals surface area contributed by atoms with Crippen molar-refractivity contribution in [3.05, 3.63) is 63.2 Å². The van der Waals surface area contributed by atoms with E-state index in [9.17, 15) is 4.79 Å². The molecule has 2 aromatic carbocycles. The lowest BCUT2D eigenvalue weighted by atomic mass is 9.79. The summed E-state index contributed by atoms with van der Waals surface area (Å²) in [5, 5.41) is 0. The highest BCUT2D eigenvalue weighted by molar-refractivity contribution is 14.1. The molecule has 0 saturated carbocycles. The molecule has 3 heteroatoms. The molecule has 1 heterocycles. The summed E-state index contributed by atoms with van der Waals surface area (Å²) in [7, 11) is 1.87. The minimum atomic E-state index is -0.412. The Balaban J connectivity index is 1.91. The largest absolute Gasteiger partial charge is 0.314 e. The van der Waals surface area contributed by atoms with Crippen LogP contribution in [0.3, 0.4) is 0 Å². The number of carbonyl (C=O) groups excluding carboxylic acids is 1. The Morgan fingerprint density at radius 3 is 2.52 bits per heavy atom. The average molecular weight is 391 g/mol. The predicted octanol–water partition coefficient (Wildman–Crippen LogP) is 4.16. The lowest BCUT2D eigenvalue weighted by molar-refractivity contribution is -0.122. The Hall–Kier alpha value is -1.36. The fourth-order valence-electron chi connectivity index (χ4n) is 3.15. The summed E-state index contributed by atoms with van der Waals surface area (Å²) < 4.78 is 1.27. The second kappa shape index (κ2) is 5.44. The van der Waals surface area contributed by atoms with Crippen molar-refractivity contribution in [2.45, 2.75) is 25.2 Å². The number of nitrogens with zero attached hydrogens (tertiary/aromatic N) is 1. The van der Waals surface area contributed by atoms with Crippen LogP contribution in [0, 0.1) is 3.57 Å². The maximum atomic E-state index is 12.7. The number of hydrogen-bond acceptors (Lipinski definition) is 1. The number of carbonyl (C=O) groups is 1. The summed E-state index contributed by atoms with van der Waals surface area (Å²) in [6, 6.07) is 16.5. The maximum absolute atomic E-state index is 12.7. The molecule has 0 bridgehead atoms. The third-order valence-corrected chi connectivity index (χ3v) is 5.54. The molecule has 0 fully saturated rings. The van der Waals surface area contributed by atoms with Gasteiger partial charge in [0.05, 0.1) is 5.41 Å². The maximum Gasteiger partial charge on any atom is 0.237 e. The molecule has 1 amide bonds. The van der Waals surface area contributed by atoms with Crippen molar-refractivity contribution < 1.29 is 4.79 Å². The van der Waals surface area contributed by atoms with Gasteiger partial charge in [0.25, 0.3) is 0 Å². The van der Waals surface area contributed by atoms with Gasteiger partial charge in [0.2, 0.25) is 5.91 Å². The van der Waals surface area contributed by atoms with E-state index in [2.05, 4.69) is 59.8 Å². The van der Waals surface area contributed by atoms with Crippen molar-refractivity contribution in [3.8, 4) is 0 Å². The highest BCUT2D eigenvalue weighted by atomic mass is 127. The number of likely N-dealkylation sites (N-methyl/N-ethyl adjacent to an activating group) is 1. The van der Waals surface area contributed by atoms with Gasteiger partial charge in [-0.15, -0.1) is 0 Å². The average Bonchev–Trinajstić information content (AvgIpc) is 2.70. The van der Waals surface area contributed by atoms with Crippen molar-refractivity contribution >= 4 is 34.2 Å². The smallest absolute Gasteiger partial charge is 0.237 e. The molecule has 1 atom stereocenters. The van der Waals surface area contributed by atoms with Crippen molar-refractivity contribution in [1.29, 1.82) is 0 Å². The number of para-hydroxylation sites is 1. The summed E-state index contributed by atoms with van der Waals surface area (Å²) in [5.74, 6) is 0.203. The van der Waals surface area contributed by atoms with Crippen molar-refractivity contribution in [2.24, 2.45) is 0 Å². The summed E-state index contributed by atoms with van der Waals surface area (Å²) >= 11 is 2.37. The number of amides is 1. The molecule has 0 saturated heterocycles. The third kappa shape index (κ3) is 2.37. The van der Waals surface area contributed by atoms with Gasteiger partial charge in [-0.05, 0) is 65.6 Å². The van der Waals surface area contributed by atoms with Crippen molar-refractivity contribution in [1.82, 2.24) is 0 Å². The number of anilines is 1. The highest BCUT2D eigenvalue weighted by Crippen LogP contribution is 2.43. The first-order valence-corrected chi connectivity index (χ1v) is 8.23. The summed E-state index contributed by atoms with van der Waals surface area (Å²) in [4.78, 5) is 14.5. The topological polar surface area (TPSA) is 20.3 Å². The molecule has 21 heavy (non-hydrogen) atoms. The van der Waals surface area contributed by atoms with E-state index in [0.29, 0.717) is 0 Å².